The zero-order valence-corrected chi connectivity index (χ0v) is 23.1. The zero-order valence-electron chi connectivity index (χ0n) is 22.3. The summed E-state index contributed by atoms with van der Waals surface area (Å²) < 4.78 is 40.8. The molecule has 1 atom stereocenters. The number of aromatic nitrogens is 6. The quantitative estimate of drug-likeness (QED) is 0.313. The molecule has 1 fully saturated rings. The third-order valence-electron chi connectivity index (χ3n) is 7.54. The Kier molecular flexibility index (Phi) is 6.35. The molecule has 0 unspecified atom stereocenters. The van der Waals surface area contributed by atoms with Gasteiger partial charge in [-0.1, -0.05) is 35.5 Å². The van der Waals surface area contributed by atoms with Crippen molar-refractivity contribution in [3.63, 3.8) is 0 Å². The normalized spacial score (nSPS) is 15.7. The number of ether oxygens (including phenoxy) is 2. The summed E-state index contributed by atoms with van der Waals surface area (Å²) in [5.74, 6) is 0.485. The van der Waals surface area contributed by atoms with Crippen LogP contribution in [0.25, 0.3) is 33.2 Å². The van der Waals surface area contributed by atoms with Gasteiger partial charge in [0.05, 0.1) is 41.0 Å². The first kappa shape index (κ1) is 25.4. The molecule has 1 aliphatic rings. The molecule has 5 aromatic rings. The Hall–Kier alpha value is -3.83. The van der Waals surface area contributed by atoms with E-state index in [1.165, 1.54) is 7.11 Å². The molecule has 11 heteroatoms. The highest BCUT2D eigenvalue weighted by Crippen LogP contribution is 2.43. The molecule has 4 aromatic heterocycles. The SMILES string of the molecule is COc1nc(S(C)(=O)=O)cc2c1c1ncc(-c3c(C)nnn3C)cc1n2[C@H](c1ccccc1)C1CCOCC1. The van der Waals surface area contributed by atoms with Gasteiger partial charge < -0.3 is 14.0 Å². The third kappa shape index (κ3) is 4.35. The van der Waals surface area contributed by atoms with E-state index in [2.05, 4.69) is 38.1 Å². The number of fused-ring (bicyclic) bond motifs is 3. The van der Waals surface area contributed by atoms with Gasteiger partial charge in [-0.05, 0) is 37.3 Å². The van der Waals surface area contributed by atoms with E-state index in [0.717, 1.165) is 47.1 Å². The van der Waals surface area contributed by atoms with Gasteiger partial charge >= 0.3 is 0 Å². The average molecular weight is 547 g/mol. The van der Waals surface area contributed by atoms with Crippen molar-refractivity contribution in [2.45, 2.75) is 30.8 Å². The van der Waals surface area contributed by atoms with E-state index in [-0.39, 0.29) is 22.9 Å². The van der Waals surface area contributed by atoms with Crippen LogP contribution in [0.15, 0.2) is 53.7 Å². The first-order chi connectivity index (χ1) is 18.8. The Morgan fingerprint density at radius 1 is 1.10 bits per heavy atom. The fourth-order valence-corrected chi connectivity index (χ4v) is 6.37. The van der Waals surface area contributed by atoms with Gasteiger partial charge in [-0.3, -0.25) is 4.98 Å². The minimum absolute atomic E-state index is 0.0402. The number of hydrogen-bond acceptors (Lipinski definition) is 8. The van der Waals surface area contributed by atoms with Crippen molar-refractivity contribution in [2.75, 3.05) is 26.6 Å². The number of nitrogens with zero attached hydrogens (tertiary/aromatic N) is 6. The van der Waals surface area contributed by atoms with Crippen molar-refractivity contribution in [3.8, 4) is 17.1 Å². The third-order valence-corrected chi connectivity index (χ3v) is 8.51. The van der Waals surface area contributed by atoms with Gasteiger partial charge in [-0.25, -0.2) is 18.1 Å². The fourth-order valence-electron chi connectivity index (χ4n) is 5.80. The number of aryl methyl sites for hydroxylation is 2. The lowest BCUT2D eigenvalue weighted by Gasteiger charge is -2.33. The second-order valence-electron chi connectivity index (χ2n) is 10.1. The molecule has 0 spiro atoms. The van der Waals surface area contributed by atoms with Gasteiger partial charge in [0, 0.05) is 44.3 Å². The molecule has 1 aliphatic heterocycles. The summed E-state index contributed by atoms with van der Waals surface area (Å²) in [4.78, 5) is 9.30. The number of hydrogen-bond donors (Lipinski definition) is 0. The first-order valence-electron chi connectivity index (χ1n) is 12.9. The van der Waals surface area contributed by atoms with Crippen LogP contribution in [-0.2, 0) is 21.6 Å². The summed E-state index contributed by atoms with van der Waals surface area (Å²) in [5.41, 5.74) is 5.92. The number of pyridine rings is 2. The predicted molar refractivity (Wildman–Crippen MR) is 148 cm³/mol. The minimum atomic E-state index is -3.62. The first-order valence-corrected chi connectivity index (χ1v) is 14.7. The van der Waals surface area contributed by atoms with Crippen LogP contribution >= 0.6 is 0 Å². The summed E-state index contributed by atoms with van der Waals surface area (Å²) >= 11 is 0. The van der Waals surface area contributed by atoms with Crippen molar-refractivity contribution >= 4 is 31.8 Å². The molecule has 0 saturated carbocycles. The summed E-state index contributed by atoms with van der Waals surface area (Å²) in [5, 5.41) is 9.05. The second-order valence-corrected chi connectivity index (χ2v) is 12.0. The highest BCUT2D eigenvalue weighted by Gasteiger charge is 2.32. The molecule has 6 rings (SSSR count). The number of sulfone groups is 1. The lowest BCUT2D eigenvalue weighted by Crippen LogP contribution is -2.27. The highest BCUT2D eigenvalue weighted by atomic mass is 32.2. The van der Waals surface area contributed by atoms with Crippen LogP contribution in [0.1, 0.15) is 30.1 Å². The molecular formula is C28H30N6O4S. The lowest BCUT2D eigenvalue weighted by molar-refractivity contribution is 0.0552. The van der Waals surface area contributed by atoms with Gasteiger partial charge in [0.2, 0.25) is 5.88 Å². The molecule has 0 bridgehead atoms. The van der Waals surface area contributed by atoms with Gasteiger partial charge in [0.25, 0.3) is 0 Å². The van der Waals surface area contributed by atoms with Crippen LogP contribution in [0.2, 0.25) is 0 Å². The fraction of sp³-hybridized carbons (Fsp3) is 0.357. The number of methoxy groups -OCH3 is 1. The molecule has 1 aromatic carbocycles. The van der Waals surface area contributed by atoms with E-state index in [4.69, 9.17) is 14.5 Å². The Balaban J connectivity index is 1.75. The molecule has 0 amide bonds. The Morgan fingerprint density at radius 3 is 2.49 bits per heavy atom. The number of rotatable bonds is 6. The molecule has 5 heterocycles. The largest absolute Gasteiger partial charge is 0.480 e. The topological polar surface area (TPSA) is 114 Å². The maximum atomic E-state index is 12.7. The van der Waals surface area contributed by atoms with E-state index in [1.54, 1.807) is 16.9 Å². The maximum absolute atomic E-state index is 12.7. The maximum Gasteiger partial charge on any atom is 0.226 e. The molecule has 0 N–H and O–H groups in total. The monoisotopic (exact) mass is 546 g/mol. The lowest BCUT2D eigenvalue weighted by atomic mass is 9.86. The molecule has 202 valence electrons. The minimum Gasteiger partial charge on any atom is -0.480 e. The van der Waals surface area contributed by atoms with Crippen molar-refractivity contribution in [1.29, 1.82) is 0 Å². The smallest absolute Gasteiger partial charge is 0.226 e. The summed E-state index contributed by atoms with van der Waals surface area (Å²) in [6.07, 6.45) is 4.71. The van der Waals surface area contributed by atoms with Crippen LogP contribution in [-0.4, -0.2) is 64.5 Å². The van der Waals surface area contributed by atoms with E-state index >= 15 is 0 Å². The molecule has 10 nitrogen and oxygen atoms in total. The van der Waals surface area contributed by atoms with Gasteiger partial charge in [0.1, 0.15) is 5.52 Å². The molecule has 1 saturated heterocycles. The van der Waals surface area contributed by atoms with E-state index in [9.17, 15) is 8.42 Å². The van der Waals surface area contributed by atoms with Gasteiger partial charge in [0.15, 0.2) is 14.9 Å². The zero-order chi connectivity index (χ0) is 27.3. The van der Waals surface area contributed by atoms with Crippen LogP contribution in [0.4, 0.5) is 0 Å². The molecular weight excluding hydrogens is 516 g/mol. The van der Waals surface area contributed by atoms with Crippen molar-refractivity contribution in [2.24, 2.45) is 13.0 Å². The Labute approximate surface area is 226 Å². The molecule has 0 aliphatic carbocycles. The second kappa shape index (κ2) is 9.73. The van der Waals surface area contributed by atoms with Crippen molar-refractivity contribution < 1.29 is 17.9 Å². The average Bonchev–Trinajstić information content (AvgIpc) is 3.45. The molecule has 0 radical (unpaired) electrons. The summed E-state index contributed by atoms with van der Waals surface area (Å²) in [6, 6.07) is 14.0. The standard InChI is InChI=1S/C28H30N6O4S/c1-17-26(33(2)32-31-17)20-14-22-25(29-16-20)24-21(15-23(39(4,35)36)30-28(24)37-3)34(22)27(18-8-6-5-7-9-18)19-10-12-38-13-11-19/h5-9,14-16,19,27H,10-13H2,1-4H3/t27-/m1/s1. The van der Waals surface area contributed by atoms with Crippen molar-refractivity contribution in [1.82, 2.24) is 29.5 Å². The predicted octanol–water partition coefficient (Wildman–Crippen LogP) is 4.12. The van der Waals surface area contributed by atoms with Gasteiger partial charge in [-0.15, -0.1) is 5.10 Å². The van der Waals surface area contributed by atoms with Gasteiger partial charge in [-0.2, -0.15) is 0 Å². The van der Waals surface area contributed by atoms with E-state index < -0.39 is 9.84 Å². The Bertz CT molecular complexity index is 1770. The van der Waals surface area contributed by atoms with Crippen molar-refractivity contribution in [3.05, 3.63) is 59.9 Å². The van der Waals surface area contributed by atoms with Crippen LogP contribution in [0.5, 0.6) is 5.88 Å². The Morgan fingerprint density at radius 2 is 1.85 bits per heavy atom. The van der Waals surface area contributed by atoms with Crippen LogP contribution in [0.3, 0.4) is 0 Å². The summed E-state index contributed by atoms with van der Waals surface area (Å²) in [6.45, 7) is 3.27. The summed E-state index contributed by atoms with van der Waals surface area (Å²) in [7, 11) is -0.256. The molecule has 39 heavy (non-hydrogen) atoms. The van der Waals surface area contributed by atoms with E-state index in [1.807, 2.05) is 32.2 Å². The number of benzene rings is 1. The van der Waals surface area contributed by atoms with Crippen LogP contribution < -0.4 is 4.74 Å². The van der Waals surface area contributed by atoms with Crippen LogP contribution in [0, 0.1) is 12.8 Å². The van der Waals surface area contributed by atoms with E-state index in [0.29, 0.717) is 29.6 Å². The highest BCUT2D eigenvalue weighted by molar-refractivity contribution is 7.90.